The molecule has 0 rings (SSSR count). The van der Waals surface area contributed by atoms with Gasteiger partial charge in [-0.25, -0.2) is 0 Å². The van der Waals surface area contributed by atoms with Crippen LogP contribution in [0.5, 0.6) is 0 Å². The Morgan fingerprint density at radius 1 is 1.78 bits per heavy atom. The van der Waals surface area contributed by atoms with E-state index in [0.717, 1.165) is 5.75 Å². The van der Waals surface area contributed by atoms with Crippen LogP contribution in [-0.4, -0.2) is 42.8 Å². The van der Waals surface area contributed by atoms with Gasteiger partial charge in [0, 0.05) is 12.9 Å². The predicted molar refractivity (Wildman–Crippen MR) is 43.4 cm³/mol. The Labute approximate surface area is 58.8 Å². The minimum absolute atomic E-state index is 0.0177. The normalized spacial score (nSPS) is 17.2. The third-order valence-electron chi connectivity index (χ3n) is 1.01. The van der Waals surface area contributed by atoms with Crippen molar-refractivity contribution in [2.24, 2.45) is 0 Å². The van der Waals surface area contributed by atoms with E-state index in [1.807, 2.05) is 6.26 Å². The second-order valence-corrected chi connectivity index (χ2v) is 3.88. The minimum Gasteiger partial charge on any atom is -0.394 e. The lowest BCUT2D eigenvalue weighted by Gasteiger charge is -2.11. The van der Waals surface area contributed by atoms with Gasteiger partial charge in [0.15, 0.2) is 0 Å². The van der Waals surface area contributed by atoms with Crippen LogP contribution in [0.15, 0.2) is 0 Å². The standard InChI is InChI=1S/C6H14O2S/c1-8-6(4-7)5-9(2)3/h6-7H,2,4-5H2,1,3H3. The molecular weight excluding hydrogens is 136 g/mol. The third kappa shape index (κ3) is 4.63. The van der Waals surface area contributed by atoms with E-state index >= 15 is 0 Å². The summed E-state index contributed by atoms with van der Waals surface area (Å²) in [4.78, 5) is 0. The van der Waals surface area contributed by atoms with E-state index in [4.69, 9.17) is 9.84 Å². The molecule has 2 atom stereocenters. The molecule has 9 heavy (non-hydrogen) atoms. The molecular formula is C6H14O2S. The maximum atomic E-state index is 8.63. The van der Waals surface area contributed by atoms with Gasteiger partial charge < -0.3 is 9.84 Å². The first-order valence-corrected chi connectivity index (χ1v) is 4.73. The van der Waals surface area contributed by atoms with Gasteiger partial charge in [-0.1, -0.05) is 5.87 Å². The third-order valence-corrected chi connectivity index (χ3v) is 1.95. The quantitative estimate of drug-likeness (QED) is 0.585. The van der Waals surface area contributed by atoms with Crippen molar-refractivity contribution < 1.29 is 9.84 Å². The molecule has 56 valence electrons. The maximum absolute atomic E-state index is 8.63. The highest BCUT2D eigenvalue weighted by Crippen LogP contribution is 2.05. The van der Waals surface area contributed by atoms with Gasteiger partial charge in [0.2, 0.25) is 0 Å². The van der Waals surface area contributed by atoms with Crippen LogP contribution in [0.1, 0.15) is 0 Å². The van der Waals surface area contributed by atoms with Crippen LogP contribution < -0.4 is 0 Å². The molecule has 0 aromatic heterocycles. The SMILES string of the molecule is C=S(C)CC(CO)OC. The Morgan fingerprint density at radius 3 is 2.44 bits per heavy atom. The molecule has 1 N–H and O–H groups in total. The molecule has 0 aliphatic heterocycles. The van der Waals surface area contributed by atoms with Crippen LogP contribution in [0.2, 0.25) is 0 Å². The first-order valence-electron chi connectivity index (χ1n) is 2.76. The fraction of sp³-hybridized carbons (Fsp3) is 0.833. The average Bonchev–Trinajstić information content (AvgIpc) is 1.82. The van der Waals surface area contributed by atoms with Gasteiger partial charge in [0.1, 0.15) is 0 Å². The van der Waals surface area contributed by atoms with Crippen molar-refractivity contribution in [1.29, 1.82) is 0 Å². The van der Waals surface area contributed by atoms with E-state index in [9.17, 15) is 0 Å². The van der Waals surface area contributed by atoms with E-state index in [1.165, 1.54) is 0 Å². The zero-order valence-electron chi connectivity index (χ0n) is 5.96. The monoisotopic (exact) mass is 150 g/mol. The molecule has 0 saturated carbocycles. The summed E-state index contributed by atoms with van der Waals surface area (Å²) in [5.41, 5.74) is 0. The second kappa shape index (κ2) is 4.97. The minimum atomic E-state index is -0.0177. The first-order chi connectivity index (χ1) is 4.20. The Balaban J connectivity index is 3.43. The smallest absolute Gasteiger partial charge is 0.0887 e. The lowest BCUT2D eigenvalue weighted by atomic mass is 10.4. The lowest BCUT2D eigenvalue weighted by Crippen LogP contribution is -2.18. The van der Waals surface area contributed by atoms with Crippen LogP contribution in [0, 0.1) is 0 Å². The van der Waals surface area contributed by atoms with Gasteiger partial charge in [0.25, 0.3) is 0 Å². The highest BCUT2D eigenvalue weighted by Gasteiger charge is 2.02. The van der Waals surface area contributed by atoms with Gasteiger partial charge in [-0.05, 0) is 6.26 Å². The molecule has 0 spiro atoms. The molecule has 0 aliphatic rings. The van der Waals surface area contributed by atoms with E-state index in [-0.39, 0.29) is 23.2 Å². The number of ether oxygens (including phenoxy) is 1. The Morgan fingerprint density at radius 2 is 2.33 bits per heavy atom. The Hall–Kier alpha value is 0.140. The van der Waals surface area contributed by atoms with Crippen LogP contribution in [0.4, 0.5) is 0 Å². The Bertz CT molecular complexity index is 89.1. The molecule has 2 nitrogen and oxygen atoms in total. The van der Waals surface area contributed by atoms with Crippen LogP contribution in [-0.2, 0) is 4.74 Å². The van der Waals surface area contributed by atoms with Crippen molar-refractivity contribution >= 4 is 16.4 Å². The fourth-order valence-electron chi connectivity index (χ4n) is 0.513. The Kier molecular flexibility index (Phi) is 5.04. The van der Waals surface area contributed by atoms with Crippen molar-refractivity contribution in [3.8, 4) is 0 Å². The largest absolute Gasteiger partial charge is 0.394 e. The van der Waals surface area contributed by atoms with Crippen molar-refractivity contribution in [3.05, 3.63) is 0 Å². The number of rotatable bonds is 4. The molecule has 0 amide bonds. The van der Waals surface area contributed by atoms with Crippen molar-refractivity contribution in [2.45, 2.75) is 6.10 Å². The summed E-state index contributed by atoms with van der Waals surface area (Å²) >= 11 is 0. The number of hydrogen-bond acceptors (Lipinski definition) is 2. The van der Waals surface area contributed by atoms with Crippen molar-refractivity contribution in [3.63, 3.8) is 0 Å². The van der Waals surface area contributed by atoms with E-state index in [2.05, 4.69) is 5.87 Å². The highest BCUT2D eigenvalue weighted by molar-refractivity contribution is 8.13. The zero-order valence-corrected chi connectivity index (χ0v) is 6.78. The first kappa shape index (κ1) is 9.14. The zero-order chi connectivity index (χ0) is 7.28. The molecule has 3 heteroatoms. The van der Waals surface area contributed by atoms with Crippen molar-refractivity contribution in [1.82, 2.24) is 0 Å². The molecule has 0 saturated heterocycles. The summed E-state index contributed by atoms with van der Waals surface area (Å²) in [6.45, 7) is 0.101. The summed E-state index contributed by atoms with van der Waals surface area (Å²) in [5, 5.41) is 8.63. The number of hydrogen-bond donors (Lipinski definition) is 1. The van der Waals surface area contributed by atoms with Gasteiger partial charge in [-0.2, -0.15) is 10.5 Å². The number of aliphatic hydroxyl groups excluding tert-OH is 1. The molecule has 0 aromatic rings. The molecule has 0 radical (unpaired) electrons. The topological polar surface area (TPSA) is 29.5 Å². The average molecular weight is 150 g/mol. The summed E-state index contributed by atoms with van der Waals surface area (Å²) in [6.07, 6.45) is 2.01. The molecule has 0 aliphatic carbocycles. The van der Waals surface area contributed by atoms with Gasteiger partial charge in [0.05, 0.1) is 12.7 Å². The fourth-order valence-corrected chi connectivity index (χ4v) is 1.39. The van der Waals surface area contributed by atoms with Crippen LogP contribution >= 0.6 is 10.5 Å². The van der Waals surface area contributed by atoms with E-state index in [1.54, 1.807) is 7.11 Å². The number of aliphatic hydroxyl groups is 1. The lowest BCUT2D eigenvalue weighted by molar-refractivity contribution is 0.0656. The van der Waals surface area contributed by atoms with Crippen LogP contribution in [0.3, 0.4) is 0 Å². The van der Waals surface area contributed by atoms with Gasteiger partial charge >= 0.3 is 0 Å². The summed E-state index contributed by atoms with van der Waals surface area (Å²) in [5.74, 6) is 4.66. The summed E-state index contributed by atoms with van der Waals surface area (Å²) in [7, 11) is 1.72. The molecule has 0 bridgehead atoms. The van der Waals surface area contributed by atoms with Gasteiger partial charge in [-0.15, -0.1) is 0 Å². The molecule has 0 heterocycles. The molecule has 0 fully saturated rings. The van der Waals surface area contributed by atoms with Crippen molar-refractivity contribution in [2.75, 3.05) is 25.7 Å². The summed E-state index contributed by atoms with van der Waals surface area (Å²) in [6, 6.07) is 0. The van der Waals surface area contributed by atoms with E-state index < -0.39 is 0 Å². The van der Waals surface area contributed by atoms with E-state index in [0.29, 0.717) is 0 Å². The predicted octanol–water partition coefficient (Wildman–Crippen LogP) is 0.324. The summed E-state index contributed by atoms with van der Waals surface area (Å²) < 4.78 is 4.93. The van der Waals surface area contributed by atoms with Crippen LogP contribution in [0.25, 0.3) is 0 Å². The van der Waals surface area contributed by atoms with Gasteiger partial charge in [-0.3, -0.25) is 0 Å². The molecule has 0 aromatic carbocycles. The highest BCUT2D eigenvalue weighted by atomic mass is 32.2. The molecule has 2 unspecified atom stereocenters. The number of methoxy groups -OCH3 is 1. The second-order valence-electron chi connectivity index (χ2n) is 1.99. The maximum Gasteiger partial charge on any atom is 0.0887 e.